The average molecular weight is 272 g/mol. The van der Waals surface area contributed by atoms with Crippen molar-refractivity contribution >= 4 is 5.82 Å². The molecule has 4 heteroatoms. The van der Waals surface area contributed by atoms with E-state index < -0.39 is 0 Å². The number of para-hydroxylation sites is 1. The number of aromatic nitrogens is 1. The molecule has 0 saturated carbocycles. The Morgan fingerprint density at radius 1 is 1.15 bits per heavy atom. The fraction of sp³-hybridized carbons (Fsp3) is 0.312. The zero-order chi connectivity index (χ0) is 14.2. The normalized spacial score (nSPS) is 10.3. The van der Waals surface area contributed by atoms with Gasteiger partial charge in [-0.25, -0.2) is 4.98 Å². The average Bonchev–Trinajstić information content (AvgIpc) is 2.47. The van der Waals surface area contributed by atoms with E-state index in [1.165, 1.54) is 0 Å². The minimum absolute atomic E-state index is 0.120. The molecule has 2 rings (SSSR count). The molecular weight excluding hydrogens is 252 g/mol. The van der Waals surface area contributed by atoms with Gasteiger partial charge in [-0.15, -0.1) is 0 Å². The summed E-state index contributed by atoms with van der Waals surface area (Å²) in [5, 5.41) is 12.2. The van der Waals surface area contributed by atoms with Crippen LogP contribution in [0.25, 0.3) is 0 Å². The minimum Gasteiger partial charge on any atom is -0.487 e. The van der Waals surface area contributed by atoms with Crippen molar-refractivity contribution < 1.29 is 9.84 Å². The monoisotopic (exact) mass is 272 g/mol. The third kappa shape index (κ3) is 3.96. The molecular formula is C16H20N2O2. The van der Waals surface area contributed by atoms with Gasteiger partial charge in [0, 0.05) is 13.2 Å². The molecule has 0 fully saturated rings. The van der Waals surface area contributed by atoms with Crippen molar-refractivity contribution in [3.8, 4) is 5.75 Å². The van der Waals surface area contributed by atoms with Crippen LogP contribution in [0.2, 0.25) is 0 Å². The quantitative estimate of drug-likeness (QED) is 0.813. The van der Waals surface area contributed by atoms with Gasteiger partial charge < -0.3 is 15.2 Å². The van der Waals surface area contributed by atoms with E-state index in [4.69, 9.17) is 9.84 Å². The van der Waals surface area contributed by atoms with Crippen LogP contribution in [0.3, 0.4) is 0 Å². The van der Waals surface area contributed by atoms with Gasteiger partial charge in [-0.1, -0.05) is 24.3 Å². The number of aliphatic hydroxyl groups excluding tert-OH is 1. The zero-order valence-corrected chi connectivity index (χ0v) is 11.7. The lowest BCUT2D eigenvalue weighted by Crippen LogP contribution is -2.04. The zero-order valence-electron chi connectivity index (χ0n) is 11.7. The summed E-state index contributed by atoms with van der Waals surface area (Å²) in [6.07, 6.45) is 0.598. The van der Waals surface area contributed by atoms with E-state index in [9.17, 15) is 0 Å². The van der Waals surface area contributed by atoms with Gasteiger partial charge in [0.2, 0.25) is 0 Å². The maximum absolute atomic E-state index is 9.05. The molecule has 0 aliphatic heterocycles. The topological polar surface area (TPSA) is 54.4 Å². The molecule has 4 nitrogen and oxygen atoms in total. The van der Waals surface area contributed by atoms with E-state index in [-0.39, 0.29) is 6.61 Å². The third-order valence-corrected chi connectivity index (χ3v) is 2.89. The van der Waals surface area contributed by atoms with Gasteiger partial charge in [-0.2, -0.15) is 0 Å². The highest BCUT2D eigenvalue weighted by molar-refractivity contribution is 5.36. The van der Waals surface area contributed by atoms with Gasteiger partial charge in [0.05, 0.1) is 5.69 Å². The predicted octanol–water partition coefficient (Wildman–Crippen LogP) is 2.63. The van der Waals surface area contributed by atoms with E-state index in [1.54, 1.807) is 0 Å². The number of pyridine rings is 1. The van der Waals surface area contributed by atoms with Crippen molar-refractivity contribution in [3.63, 3.8) is 0 Å². The molecule has 1 aromatic carbocycles. The number of hydrogen-bond acceptors (Lipinski definition) is 4. The molecule has 20 heavy (non-hydrogen) atoms. The second-order valence-electron chi connectivity index (χ2n) is 4.41. The second kappa shape index (κ2) is 7.50. The van der Waals surface area contributed by atoms with Crippen LogP contribution in [0.4, 0.5) is 5.82 Å². The molecule has 0 saturated heterocycles. The summed E-state index contributed by atoms with van der Waals surface area (Å²) in [7, 11) is 0. The van der Waals surface area contributed by atoms with Crippen LogP contribution < -0.4 is 10.1 Å². The Morgan fingerprint density at radius 2 is 2.00 bits per heavy atom. The number of nitrogens with zero attached hydrogens (tertiary/aromatic N) is 1. The van der Waals surface area contributed by atoms with E-state index in [2.05, 4.69) is 10.3 Å². The predicted molar refractivity (Wildman–Crippen MR) is 80.0 cm³/mol. The van der Waals surface area contributed by atoms with E-state index in [1.807, 2.05) is 49.4 Å². The third-order valence-electron chi connectivity index (χ3n) is 2.89. The summed E-state index contributed by atoms with van der Waals surface area (Å²) in [5.41, 5.74) is 1.89. The lowest BCUT2D eigenvalue weighted by molar-refractivity contribution is 0.282. The van der Waals surface area contributed by atoms with E-state index in [0.29, 0.717) is 13.0 Å². The number of ether oxygens (including phenoxy) is 1. The van der Waals surface area contributed by atoms with Crippen molar-refractivity contribution in [2.24, 2.45) is 0 Å². The Kier molecular flexibility index (Phi) is 5.38. The molecule has 0 aliphatic rings. The van der Waals surface area contributed by atoms with Crippen molar-refractivity contribution in [2.75, 3.05) is 18.5 Å². The summed E-state index contributed by atoms with van der Waals surface area (Å²) >= 11 is 0. The first-order valence-corrected chi connectivity index (χ1v) is 6.85. The Labute approximate surface area is 119 Å². The first-order valence-electron chi connectivity index (χ1n) is 6.85. The molecule has 2 N–H and O–H groups in total. The molecule has 0 radical (unpaired) electrons. The van der Waals surface area contributed by atoms with Crippen LogP contribution >= 0.6 is 0 Å². The van der Waals surface area contributed by atoms with Gasteiger partial charge in [-0.05, 0) is 37.1 Å². The van der Waals surface area contributed by atoms with Crippen molar-refractivity contribution in [1.29, 1.82) is 0 Å². The van der Waals surface area contributed by atoms with E-state index in [0.717, 1.165) is 29.4 Å². The minimum atomic E-state index is 0.120. The highest BCUT2D eigenvalue weighted by atomic mass is 16.5. The number of aliphatic hydroxyl groups is 1. The maximum Gasteiger partial charge on any atom is 0.130 e. The first kappa shape index (κ1) is 14.3. The lowest BCUT2D eigenvalue weighted by Gasteiger charge is -2.11. The number of nitrogens with one attached hydrogen (secondary N) is 1. The summed E-state index contributed by atoms with van der Waals surface area (Å²) in [6.45, 7) is 3.42. The summed E-state index contributed by atoms with van der Waals surface area (Å²) < 4.78 is 5.81. The molecule has 0 amide bonds. The van der Waals surface area contributed by atoms with Crippen LogP contribution in [-0.4, -0.2) is 23.2 Å². The van der Waals surface area contributed by atoms with Crippen LogP contribution in [0.15, 0.2) is 42.5 Å². The molecule has 2 aromatic rings. The standard InChI is InChI=1S/C16H20N2O2/c1-2-17-16-9-5-7-14(18-16)12-20-15-8-4-3-6-13(15)10-11-19/h3-9,19H,2,10-12H2,1H3,(H,17,18). The Hall–Kier alpha value is -2.07. The highest BCUT2D eigenvalue weighted by Gasteiger charge is 2.04. The maximum atomic E-state index is 9.05. The fourth-order valence-corrected chi connectivity index (χ4v) is 1.96. The lowest BCUT2D eigenvalue weighted by atomic mass is 10.1. The Bertz CT molecular complexity index is 544. The van der Waals surface area contributed by atoms with Gasteiger partial charge in [0.25, 0.3) is 0 Å². The smallest absolute Gasteiger partial charge is 0.130 e. The molecule has 106 valence electrons. The van der Waals surface area contributed by atoms with Crippen LogP contribution in [0, 0.1) is 0 Å². The summed E-state index contributed by atoms with van der Waals surface area (Å²) in [5.74, 6) is 1.66. The first-order chi connectivity index (χ1) is 9.83. The summed E-state index contributed by atoms with van der Waals surface area (Å²) in [4.78, 5) is 4.47. The number of benzene rings is 1. The number of anilines is 1. The van der Waals surface area contributed by atoms with Crippen molar-refractivity contribution in [1.82, 2.24) is 4.98 Å². The van der Waals surface area contributed by atoms with Crippen molar-refractivity contribution in [3.05, 3.63) is 53.7 Å². The molecule has 0 aliphatic carbocycles. The van der Waals surface area contributed by atoms with Crippen LogP contribution in [-0.2, 0) is 13.0 Å². The largest absolute Gasteiger partial charge is 0.487 e. The SMILES string of the molecule is CCNc1cccc(COc2ccccc2CCO)n1. The highest BCUT2D eigenvalue weighted by Crippen LogP contribution is 2.19. The van der Waals surface area contributed by atoms with Gasteiger partial charge in [-0.3, -0.25) is 0 Å². The molecule has 0 atom stereocenters. The van der Waals surface area contributed by atoms with Gasteiger partial charge in [0.1, 0.15) is 18.2 Å². The van der Waals surface area contributed by atoms with Crippen LogP contribution in [0.5, 0.6) is 5.75 Å². The van der Waals surface area contributed by atoms with Crippen LogP contribution in [0.1, 0.15) is 18.2 Å². The Morgan fingerprint density at radius 3 is 2.80 bits per heavy atom. The number of hydrogen-bond donors (Lipinski definition) is 2. The molecule has 0 spiro atoms. The number of rotatable bonds is 7. The van der Waals surface area contributed by atoms with E-state index >= 15 is 0 Å². The Balaban J connectivity index is 2.03. The van der Waals surface area contributed by atoms with Gasteiger partial charge >= 0.3 is 0 Å². The van der Waals surface area contributed by atoms with Crippen molar-refractivity contribution in [2.45, 2.75) is 20.0 Å². The molecule has 0 bridgehead atoms. The molecule has 0 unspecified atom stereocenters. The fourth-order valence-electron chi connectivity index (χ4n) is 1.96. The molecule has 1 heterocycles. The van der Waals surface area contributed by atoms with Gasteiger partial charge in [0.15, 0.2) is 0 Å². The second-order valence-corrected chi connectivity index (χ2v) is 4.41. The molecule has 1 aromatic heterocycles. The summed E-state index contributed by atoms with van der Waals surface area (Å²) in [6, 6.07) is 13.6.